The average molecular weight is 542 g/mol. The highest BCUT2D eigenvalue weighted by Crippen LogP contribution is 2.30. The van der Waals surface area contributed by atoms with Crippen molar-refractivity contribution in [3.05, 3.63) is 51.8 Å². The normalized spacial score (nSPS) is 13.1. The molecule has 34 heavy (non-hydrogen) atoms. The van der Waals surface area contributed by atoms with Gasteiger partial charge in [0.2, 0.25) is 0 Å². The number of nitrogens with one attached hydrogen (secondary N) is 1. The molecule has 0 bridgehead atoms. The SMILES string of the molecule is CCOC(=O)c1ncn(C[C@](C)(NC(=O)OC(C)(C)C)c2cc(Br)ccc2F)c1C(=O)OCC. The van der Waals surface area contributed by atoms with Gasteiger partial charge in [0.1, 0.15) is 11.4 Å². The molecule has 0 aliphatic carbocycles. The van der Waals surface area contributed by atoms with E-state index in [0.717, 1.165) is 0 Å². The molecule has 1 N–H and O–H groups in total. The fraction of sp³-hybridized carbons (Fsp3) is 0.478. The van der Waals surface area contributed by atoms with E-state index in [1.54, 1.807) is 41.5 Å². The van der Waals surface area contributed by atoms with Crippen LogP contribution in [0.1, 0.15) is 68.1 Å². The molecule has 0 unspecified atom stereocenters. The Balaban J connectivity index is 2.61. The zero-order valence-electron chi connectivity index (χ0n) is 20.0. The molecule has 0 radical (unpaired) electrons. The quantitative estimate of drug-likeness (QED) is 0.384. The molecule has 9 nitrogen and oxygen atoms in total. The second kappa shape index (κ2) is 11.0. The smallest absolute Gasteiger partial charge is 0.408 e. The molecule has 1 aromatic carbocycles. The van der Waals surface area contributed by atoms with Crippen molar-refractivity contribution < 1.29 is 33.0 Å². The summed E-state index contributed by atoms with van der Waals surface area (Å²) < 4.78 is 32.3. The summed E-state index contributed by atoms with van der Waals surface area (Å²) in [5, 5.41) is 2.71. The fourth-order valence-corrected chi connectivity index (χ4v) is 3.61. The Hall–Kier alpha value is -2.95. The monoisotopic (exact) mass is 541 g/mol. The molecule has 2 aromatic rings. The van der Waals surface area contributed by atoms with Crippen LogP contribution in [0.15, 0.2) is 29.0 Å². The first kappa shape index (κ1) is 27.3. The number of imidazole rings is 1. The molecule has 2 rings (SSSR count). The number of halogens is 2. The zero-order valence-corrected chi connectivity index (χ0v) is 21.6. The standard InChI is InChI=1S/C23H29BrFN3O6/c1-7-32-19(29)17-18(20(30)33-8-2)28(13-26-17)12-23(6,27-21(31)34-22(3,4)5)15-11-14(24)9-10-16(15)25/h9-11,13H,7-8,12H2,1-6H3,(H,27,31)/t23-/m0/s1. The molecule has 0 aliphatic heterocycles. The van der Waals surface area contributed by atoms with Crippen molar-refractivity contribution in [1.82, 2.24) is 14.9 Å². The predicted octanol–water partition coefficient (Wildman–Crippen LogP) is 4.58. The van der Waals surface area contributed by atoms with Crippen LogP contribution in [0.5, 0.6) is 0 Å². The zero-order chi connectivity index (χ0) is 25.7. The van der Waals surface area contributed by atoms with Gasteiger partial charge in [0.25, 0.3) is 0 Å². The number of aromatic nitrogens is 2. The van der Waals surface area contributed by atoms with E-state index in [-0.39, 0.29) is 36.7 Å². The van der Waals surface area contributed by atoms with Gasteiger partial charge in [-0.25, -0.2) is 23.8 Å². The number of alkyl carbamates (subject to hydrolysis) is 1. The number of amides is 1. The van der Waals surface area contributed by atoms with Gasteiger partial charge in [-0.1, -0.05) is 15.9 Å². The summed E-state index contributed by atoms with van der Waals surface area (Å²) in [5.74, 6) is -2.21. The summed E-state index contributed by atoms with van der Waals surface area (Å²) in [6, 6.07) is 4.28. The molecule has 186 valence electrons. The van der Waals surface area contributed by atoms with Gasteiger partial charge in [0.15, 0.2) is 11.4 Å². The van der Waals surface area contributed by atoms with Gasteiger partial charge >= 0.3 is 18.0 Å². The fourth-order valence-electron chi connectivity index (χ4n) is 3.25. The van der Waals surface area contributed by atoms with Gasteiger partial charge in [-0.3, -0.25) is 0 Å². The third-order valence-corrected chi connectivity index (χ3v) is 5.05. The van der Waals surface area contributed by atoms with Crippen molar-refractivity contribution >= 4 is 34.0 Å². The molecule has 1 aromatic heterocycles. The summed E-state index contributed by atoms with van der Waals surface area (Å²) in [7, 11) is 0. The minimum absolute atomic E-state index is 0.0555. The first-order valence-electron chi connectivity index (χ1n) is 10.7. The minimum atomic E-state index is -1.43. The van der Waals surface area contributed by atoms with Gasteiger partial charge in [-0.05, 0) is 59.7 Å². The maximum absolute atomic E-state index is 15.0. The molecule has 1 atom stereocenters. The molecule has 11 heteroatoms. The number of hydrogen-bond acceptors (Lipinski definition) is 7. The Kier molecular flexibility index (Phi) is 8.82. The Labute approximate surface area is 206 Å². The number of rotatable bonds is 8. The summed E-state index contributed by atoms with van der Waals surface area (Å²) in [6.07, 6.45) is 0.446. The Bertz CT molecular complexity index is 1070. The first-order valence-corrected chi connectivity index (χ1v) is 11.5. The highest BCUT2D eigenvalue weighted by Gasteiger charge is 2.37. The van der Waals surface area contributed by atoms with E-state index < -0.39 is 35.0 Å². The average Bonchev–Trinajstić information content (AvgIpc) is 3.11. The highest BCUT2D eigenvalue weighted by atomic mass is 79.9. The van der Waals surface area contributed by atoms with Crippen LogP contribution in [0.3, 0.4) is 0 Å². The third kappa shape index (κ3) is 6.78. The van der Waals surface area contributed by atoms with Crippen LogP contribution < -0.4 is 5.32 Å². The van der Waals surface area contributed by atoms with E-state index in [4.69, 9.17) is 14.2 Å². The molecule has 1 amide bonds. The molecule has 1 heterocycles. The largest absolute Gasteiger partial charge is 0.461 e. The lowest BCUT2D eigenvalue weighted by molar-refractivity contribution is 0.0437. The lowest BCUT2D eigenvalue weighted by Crippen LogP contribution is -2.49. The topological polar surface area (TPSA) is 109 Å². The number of esters is 2. The molecule has 0 fully saturated rings. The number of carbonyl (C=O) groups is 3. The second-order valence-corrected chi connectivity index (χ2v) is 9.51. The minimum Gasteiger partial charge on any atom is -0.461 e. The van der Waals surface area contributed by atoms with Crippen LogP contribution >= 0.6 is 15.9 Å². The lowest BCUT2D eigenvalue weighted by Gasteiger charge is -2.33. The Morgan fingerprint density at radius 2 is 1.71 bits per heavy atom. The van der Waals surface area contributed by atoms with Gasteiger partial charge in [0.05, 0.1) is 31.6 Å². The summed E-state index contributed by atoms with van der Waals surface area (Å²) >= 11 is 3.32. The summed E-state index contributed by atoms with van der Waals surface area (Å²) in [5.41, 5.74) is -2.52. The maximum atomic E-state index is 15.0. The molecule has 0 saturated carbocycles. The number of benzene rings is 1. The van der Waals surface area contributed by atoms with Crippen LogP contribution in [0, 0.1) is 5.82 Å². The summed E-state index contributed by atoms with van der Waals surface area (Å²) in [6.45, 7) is 9.86. The van der Waals surface area contributed by atoms with Gasteiger partial charge in [0, 0.05) is 10.0 Å². The molecule has 0 aliphatic rings. The number of carbonyl (C=O) groups excluding carboxylic acids is 3. The van der Waals surface area contributed by atoms with Crippen LogP contribution in [0.2, 0.25) is 0 Å². The molecular formula is C23H29BrFN3O6. The van der Waals surface area contributed by atoms with Gasteiger partial charge in [-0.15, -0.1) is 0 Å². The molecular weight excluding hydrogens is 513 g/mol. The number of ether oxygens (including phenoxy) is 3. The number of nitrogens with zero attached hydrogens (tertiary/aromatic N) is 2. The van der Waals surface area contributed by atoms with E-state index in [2.05, 4.69) is 26.2 Å². The second-order valence-electron chi connectivity index (χ2n) is 8.59. The van der Waals surface area contributed by atoms with Crippen molar-refractivity contribution in [2.75, 3.05) is 13.2 Å². The van der Waals surface area contributed by atoms with Crippen molar-refractivity contribution in [1.29, 1.82) is 0 Å². The van der Waals surface area contributed by atoms with Crippen molar-refractivity contribution in [2.24, 2.45) is 0 Å². The van der Waals surface area contributed by atoms with Crippen molar-refractivity contribution in [3.63, 3.8) is 0 Å². The van der Waals surface area contributed by atoms with Crippen molar-refractivity contribution in [3.8, 4) is 0 Å². The molecule has 0 spiro atoms. The van der Waals surface area contributed by atoms with E-state index in [9.17, 15) is 18.8 Å². The van der Waals surface area contributed by atoms with E-state index in [0.29, 0.717) is 4.47 Å². The van der Waals surface area contributed by atoms with Gasteiger partial charge in [-0.2, -0.15) is 0 Å². The van der Waals surface area contributed by atoms with Crippen LogP contribution in [-0.2, 0) is 26.3 Å². The van der Waals surface area contributed by atoms with Crippen LogP contribution in [0.25, 0.3) is 0 Å². The van der Waals surface area contributed by atoms with Gasteiger partial charge < -0.3 is 24.1 Å². The number of hydrogen-bond donors (Lipinski definition) is 1. The summed E-state index contributed by atoms with van der Waals surface area (Å²) in [4.78, 5) is 41.9. The maximum Gasteiger partial charge on any atom is 0.408 e. The Morgan fingerprint density at radius 1 is 1.09 bits per heavy atom. The van der Waals surface area contributed by atoms with Crippen LogP contribution in [-0.4, -0.2) is 46.4 Å². The van der Waals surface area contributed by atoms with E-state index >= 15 is 0 Å². The van der Waals surface area contributed by atoms with Crippen LogP contribution in [0.4, 0.5) is 9.18 Å². The Morgan fingerprint density at radius 3 is 2.29 bits per heavy atom. The lowest BCUT2D eigenvalue weighted by atomic mass is 9.91. The third-order valence-electron chi connectivity index (χ3n) is 4.56. The first-order chi connectivity index (χ1) is 15.8. The predicted molar refractivity (Wildman–Crippen MR) is 125 cm³/mol. The highest BCUT2D eigenvalue weighted by molar-refractivity contribution is 9.10. The van der Waals surface area contributed by atoms with E-state index in [1.807, 2.05) is 0 Å². The van der Waals surface area contributed by atoms with Crippen molar-refractivity contribution in [2.45, 2.75) is 59.2 Å². The molecule has 0 saturated heterocycles. The van der Waals surface area contributed by atoms with E-state index in [1.165, 1.54) is 29.1 Å².